The highest BCUT2D eigenvalue weighted by atomic mass is 32.1. The van der Waals surface area contributed by atoms with Gasteiger partial charge >= 0.3 is 6.03 Å². The summed E-state index contributed by atoms with van der Waals surface area (Å²) < 4.78 is 10.4. The maximum atomic E-state index is 12.2. The van der Waals surface area contributed by atoms with Crippen LogP contribution in [-0.2, 0) is 4.74 Å². The third kappa shape index (κ3) is 3.84. The van der Waals surface area contributed by atoms with Crippen molar-refractivity contribution in [2.45, 2.75) is 6.42 Å². The quantitative estimate of drug-likeness (QED) is 0.878. The molecule has 22 heavy (non-hydrogen) atoms. The van der Waals surface area contributed by atoms with Crippen molar-refractivity contribution in [1.82, 2.24) is 20.0 Å². The first-order chi connectivity index (χ1) is 10.7. The minimum atomic E-state index is -0.123. The van der Waals surface area contributed by atoms with Gasteiger partial charge in [0.1, 0.15) is 0 Å². The van der Waals surface area contributed by atoms with Crippen LogP contribution in [0.15, 0.2) is 0 Å². The van der Waals surface area contributed by atoms with Gasteiger partial charge in [0.25, 0.3) is 5.19 Å². The molecule has 2 aliphatic heterocycles. The first-order valence-electron chi connectivity index (χ1n) is 7.48. The zero-order valence-electron chi connectivity index (χ0n) is 12.7. The smallest absolute Gasteiger partial charge is 0.323 e. The lowest BCUT2D eigenvalue weighted by atomic mass is 10.1. The highest BCUT2D eigenvalue weighted by Gasteiger charge is 2.25. The standard InChI is InChI=1S/C13H21N5O3S/c1-20-13-16-15-11(22-13)14-12(19)18-5-3-17(4-6-18)8-10-2-7-21-9-10/h10H,2-9H2,1H3,(H,14,15,19). The third-order valence-electron chi connectivity index (χ3n) is 3.99. The molecule has 2 aliphatic rings. The Morgan fingerprint density at radius 1 is 1.41 bits per heavy atom. The summed E-state index contributed by atoms with van der Waals surface area (Å²) in [7, 11) is 1.53. The number of hydrogen-bond donors (Lipinski definition) is 1. The Morgan fingerprint density at radius 2 is 2.23 bits per heavy atom. The van der Waals surface area contributed by atoms with E-state index >= 15 is 0 Å². The monoisotopic (exact) mass is 327 g/mol. The van der Waals surface area contributed by atoms with Gasteiger partial charge in [0, 0.05) is 39.3 Å². The Bertz CT molecular complexity index is 498. The molecule has 2 fully saturated rings. The van der Waals surface area contributed by atoms with Gasteiger partial charge in [-0.2, -0.15) is 0 Å². The average molecular weight is 327 g/mol. The summed E-state index contributed by atoms with van der Waals surface area (Å²) in [5, 5.41) is 11.3. The fourth-order valence-corrected chi connectivity index (χ4v) is 3.29. The first-order valence-corrected chi connectivity index (χ1v) is 8.30. The molecule has 0 spiro atoms. The van der Waals surface area contributed by atoms with E-state index in [1.807, 2.05) is 4.90 Å². The second kappa shape index (κ2) is 7.21. The van der Waals surface area contributed by atoms with Crippen molar-refractivity contribution in [3.05, 3.63) is 0 Å². The number of methoxy groups -OCH3 is 1. The lowest BCUT2D eigenvalue weighted by Gasteiger charge is -2.35. The molecule has 1 aromatic heterocycles. The molecule has 9 heteroatoms. The molecule has 2 saturated heterocycles. The first kappa shape index (κ1) is 15.4. The molecule has 8 nitrogen and oxygen atoms in total. The van der Waals surface area contributed by atoms with Crippen LogP contribution >= 0.6 is 11.3 Å². The maximum Gasteiger partial charge on any atom is 0.323 e. The summed E-state index contributed by atoms with van der Waals surface area (Å²) in [6, 6.07) is -0.123. The number of nitrogens with one attached hydrogen (secondary N) is 1. The van der Waals surface area contributed by atoms with Crippen molar-refractivity contribution in [1.29, 1.82) is 0 Å². The van der Waals surface area contributed by atoms with Gasteiger partial charge < -0.3 is 14.4 Å². The number of ether oxygens (including phenoxy) is 2. The predicted octanol–water partition coefficient (Wildman–Crippen LogP) is 0.733. The number of aromatic nitrogens is 2. The van der Waals surface area contributed by atoms with Gasteiger partial charge in [-0.15, -0.1) is 5.10 Å². The van der Waals surface area contributed by atoms with Crippen LogP contribution in [0.3, 0.4) is 0 Å². The van der Waals surface area contributed by atoms with Crippen LogP contribution in [0, 0.1) is 5.92 Å². The van der Waals surface area contributed by atoms with Crippen LogP contribution in [0.5, 0.6) is 5.19 Å². The molecule has 1 N–H and O–H groups in total. The normalized spacial score (nSPS) is 22.8. The Kier molecular flexibility index (Phi) is 5.06. The summed E-state index contributed by atoms with van der Waals surface area (Å²) in [6.07, 6.45) is 1.15. The molecule has 122 valence electrons. The van der Waals surface area contributed by atoms with Gasteiger partial charge in [-0.1, -0.05) is 5.10 Å². The zero-order chi connectivity index (χ0) is 15.4. The van der Waals surface area contributed by atoms with Gasteiger partial charge in [-0.3, -0.25) is 10.2 Å². The summed E-state index contributed by atoms with van der Waals surface area (Å²) in [6.45, 7) is 6.11. The van der Waals surface area contributed by atoms with Crippen LogP contribution in [-0.4, -0.2) is 79.1 Å². The summed E-state index contributed by atoms with van der Waals surface area (Å²) >= 11 is 1.22. The number of urea groups is 1. The lowest BCUT2D eigenvalue weighted by molar-refractivity contribution is 0.124. The minimum Gasteiger partial charge on any atom is -0.472 e. The molecule has 0 aliphatic carbocycles. The molecular weight excluding hydrogens is 306 g/mol. The second-order valence-corrected chi connectivity index (χ2v) is 6.46. The number of nitrogens with zero attached hydrogens (tertiary/aromatic N) is 4. The Hall–Kier alpha value is -1.45. The predicted molar refractivity (Wildman–Crippen MR) is 82.4 cm³/mol. The van der Waals surface area contributed by atoms with Crippen LogP contribution in [0.4, 0.5) is 9.93 Å². The van der Waals surface area contributed by atoms with Crippen molar-refractivity contribution >= 4 is 22.5 Å². The van der Waals surface area contributed by atoms with Gasteiger partial charge in [0.05, 0.1) is 13.7 Å². The average Bonchev–Trinajstić information content (AvgIpc) is 3.19. The molecule has 1 atom stereocenters. The van der Waals surface area contributed by atoms with E-state index in [2.05, 4.69) is 20.4 Å². The molecule has 1 aromatic rings. The number of carbonyl (C=O) groups is 1. The highest BCUT2D eigenvalue weighted by molar-refractivity contribution is 7.17. The van der Waals surface area contributed by atoms with E-state index in [9.17, 15) is 4.79 Å². The van der Waals surface area contributed by atoms with Crippen LogP contribution in [0.1, 0.15) is 6.42 Å². The van der Waals surface area contributed by atoms with E-state index in [4.69, 9.17) is 9.47 Å². The van der Waals surface area contributed by atoms with E-state index in [1.165, 1.54) is 18.4 Å². The third-order valence-corrected chi connectivity index (χ3v) is 4.79. The highest BCUT2D eigenvalue weighted by Crippen LogP contribution is 2.22. The van der Waals surface area contributed by atoms with Gasteiger partial charge in [0.2, 0.25) is 5.13 Å². The summed E-state index contributed by atoms with van der Waals surface area (Å²) in [4.78, 5) is 16.4. The van der Waals surface area contributed by atoms with Crippen molar-refractivity contribution in [3.63, 3.8) is 0 Å². The van der Waals surface area contributed by atoms with Crippen molar-refractivity contribution in [3.8, 4) is 5.19 Å². The van der Waals surface area contributed by atoms with Crippen LogP contribution in [0.2, 0.25) is 0 Å². The SMILES string of the molecule is COc1nnc(NC(=O)N2CCN(CC3CCOC3)CC2)s1. The Labute approximate surface area is 133 Å². The number of anilines is 1. The Balaban J connectivity index is 1.43. The number of hydrogen-bond acceptors (Lipinski definition) is 7. The topological polar surface area (TPSA) is 79.8 Å². The van der Waals surface area contributed by atoms with E-state index in [0.29, 0.717) is 16.2 Å². The molecule has 0 aromatic carbocycles. The molecule has 0 saturated carbocycles. The maximum absolute atomic E-state index is 12.2. The van der Waals surface area contributed by atoms with Gasteiger partial charge in [-0.25, -0.2) is 4.79 Å². The number of carbonyl (C=O) groups excluding carboxylic acids is 1. The van der Waals surface area contributed by atoms with E-state index in [0.717, 1.165) is 52.4 Å². The van der Waals surface area contributed by atoms with Crippen LogP contribution in [0.25, 0.3) is 0 Å². The fraction of sp³-hybridized carbons (Fsp3) is 0.769. The van der Waals surface area contributed by atoms with Gasteiger partial charge in [-0.05, 0) is 23.7 Å². The molecule has 0 bridgehead atoms. The molecule has 3 rings (SSSR count). The number of piperazine rings is 1. The summed E-state index contributed by atoms with van der Waals surface area (Å²) in [5.41, 5.74) is 0. The molecule has 0 radical (unpaired) electrons. The largest absolute Gasteiger partial charge is 0.472 e. The number of amides is 2. The lowest BCUT2D eigenvalue weighted by Crippen LogP contribution is -2.51. The van der Waals surface area contributed by atoms with Crippen molar-refractivity contribution in [2.75, 3.05) is 58.4 Å². The zero-order valence-corrected chi connectivity index (χ0v) is 13.5. The van der Waals surface area contributed by atoms with Crippen LogP contribution < -0.4 is 10.1 Å². The van der Waals surface area contributed by atoms with Crippen molar-refractivity contribution in [2.24, 2.45) is 5.92 Å². The molecular formula is C13H21N5O3S. The second-order valence-electron chi connectivity index (χ2n) is 5.52. The molecule has 3 heterocycles. The van der Waals surface area contributed by atoms with Crippen molar-refractivity contribution < 1.29 is 14.3 Å². The fourth-order valence-electron chi connectivity index (χ4n) is 2.74. The number of rotatable bonds is 4. The van der Waals surface area contributed by atoms with E-state index in [-0.39, 0.29) is 6.03 Å². The van der Waals surface area contributed by atoms with E-state index < -0.39 is 0 Å². The molecule has 2 amide bonds. The Morgan fingerprint density at radius 3 is 2.86 bits per heavy atom. The van der Waals surface area contributed by atoms with Gasteiger partial charge in [0.15, 0.2) is 0 Å². The molecule has 1 unspecified atom stereocenters. The minimum absolute atomic E-state index is 0.123. The van der Waals surface area contributed by atoms with E-state index in [1.54, 1.807) is 0 Å². The summed E-state index contributed by atoms with van der Waals surface area (Å²) in [5.74, 6) is 0.647.